The van der Waals surface area contributed by atoms with Gasteiger partial charge in [-0.2, -0.15) is 0 Å². The average molecular weight is 261 g/mol. The molecular formula is C10H10BrFO2. The van der Waals surface area contributed by atoms with Gasteiger partial charge in [0.05, 0.1) is 12.2 Å². The summed E-state index contributed by atoms with van der Waals surface area (Å²) in [5.41, 5.74) is 0.256. The maximum Gasteiger partial charge on any atom is 0.166 e. The summed E-state index contributed by atoms with van der Waals surface area (Å²) in [6.07, 6.45) is 0. The van der Waals surface area contributed by atoms with Crippen molar-refractivity contribution in [3.63, 3.8) is 0 Å². The Hall–Kier alpha value is -0.900. The standard InChI is InChI=1S/C10H10BrFO2/c1-3-14-10-8(12)5-4-7(11)9(10)6(2)13/h4-5H,3H2,1-2H3. The minimum absolute atomic E-state index is 0.0226. The Balaban J connectivity index is 3.33. The van der Waals surface area contributed by atoms with Gasteiger partial charge in [0, 0.05) is 4.47 Å². The lowest BCUT2D eigenvalue weighted by Gasteiger charge is -2.10. The van der Waals surface area contributed by atoms with E-state index in [4.69, 9.17) is 4.74 Å². The van der Waals surface area contributed by atoms with E-state index in [1.54, 1.807) is 6.92 Å². The maximum absolute atomic E-state index is 13.3. The molecule has 0 spiro atoms. The Morgan fingerprint density at radius 2 is 2.21 bits per heavy atom. The van der Waals surface area contributed by atoms with Gasteiger partial charge in [-0.1, -0.05) is 0 Å². The third-order valence-electron chi connectivity index (χ3n) is 1.70. The molecule has 14 heavy (non-hydrogen) atoms. The highest BCUT2D eigenvalue weighted by atomic mass is 79.9. The van der Waals surface area contributed by atoms with E-state index in [0.717, 1.165) is 0 Å². The highest BCUT2D eigenvalue weighted by Gasteiger charge is 2.16. The number of Topliss-reactive ketones (excluding diaryl/α,β-unsaturated/α-hetero) is 1. The molecule has 0 unspecified atom stereocenters. The summed E-state index contributed by atoms with van der Waals surface area (Å²) >= 11 is 3.18. The molecule has 0 fully saturated rings. The quantitative estimate of drug-likeness (QED) is 0.781. The molecule has 0 N–H and O–H groups in total. The Morgan fingerprint density at radius 1 is 1.57 bits per heavy atom. The van der Waals surface area contributed by atoms with E-state index in [9.17, 15) is 9.18 Å². The van der Waals surface area contributed by atoms with Crippen molar-refractivity contribution >= 4 is 21.7 Å². The summed E-state index contributed by atoms with van der Waals surface area (Å²) in [6, 6.07) is 2.76. The molecule has 0 atom stereocenters. The molecule has 76 valence electrons. The molecule has 1 aromatic rings. The molecule has 0 aromatic heterocycles. The van der Waals surface area contributed by atoms with Gasteiger partial charge >= 0.3 is 0 Å². The number of halogens is 2. The molecular weight excluding hydrogens is 251 g/mol. The van der Waals surface area contributed by atoms with E-state index in [2.05, 4.69) is 15.9 Å². The zero-order chi connectivity index (χ0) is 10.7. The lowest BCUT2D eigenvalue weighted by molar-refractivity contribution is 0.101. The second-order valence-corrected chi connectivity index (χ2v) is 3.58. The van der Waals surface area contributed by atoms with Gasteiger partial charge in [-0.05, 0) is 41.9 Å². The van der Waals surface area contributed by atoms with E-state index in [-0.39, 0.29) is 17.1 Å². The highest BCUT2D eigenvalue weighted by molar-refractivity contribution is 9.10. The van der Waals surface area contributed by atoms with Crippen LogP contribution in [0.5, 0.6) is 5.75 Å². The normalized spacial score (nSPS) is 10.0. The Morgan fingerprint density at radius 3 is 2.71 bits per heavy atom. The number of hydrogen-bond acceptors (Lipinski definition) is 2. The fourth-order valence-electron chi connectivity index (χ4n) is 1.15. The Bertz CT molecular complexity index is 363. The van der Waals surface area contributed by atoms with E-state index < -0.39 is 5.82 Å². The molecule has 1 aromatic carbocycles. The van der Waals surface area contributed by atoms with E-state index >= 15 is 0 Å². The van der Waals surface area contributed by atoms with Crippen molar-refractivity contribution in [2.24, 2.45) is 0 Å². The first-order valence-electron chi connectivity index (χ1n) is 4.19. The monoisotopic (exact) mass is 260 g/mol. The second-order valence-electron chi connectivity index (χ2n) is 2.72. The zero-order valence-corrected chi connectivity index (χ0v) is 9.52. The molecule has 0 saturated carbocycles. The Kier molecular flexibility index (Phi) is 3.63. The summed E-state index contributed by atoms with van der Waals surface area (Å²) in [5.74, 6) is -0.713. The number of carbonyl (C=O) groups excluding carboxylic acids is 1. The third-order valence-corrected chi connectivity index (χ3v) is 2.36. The van der Waals surface area contributed by atoms with Gasteiger partial charge in [-0.25, -0.2) is 4.39 Å². The van der Waals surface area contributed by atoms with Crippen LogP contribution in [0.15, 0.2) is 16.6 Å². The average Bonchev–Trinajstić information content (AvgIpc) is 2.11. The first kappa shape index (κ1) is 11.2. The summed E-state index contributed by atoms with van der Waals surface area (Å²) in [6.45, 7) is 3.44. The van der Waals surface area contributed by atoms with Gasteiger partial charge in [-0.3, -0.25) is 4.79 Å². The van der Waals surface area contributed by atoms with Crippen LogP contribution in [-0.4, -0.2) is 12.4 Å². The van der Waals surface area contributed by atoms with Crippen LogP contribution in [0.4, 0.5) is 4.39 Å². The van der Waals surface area contributed by atoms with Crippen LogP contribution >= 0.6 is 15.9 Å². The van der Waals surface area contributed by atoms with Gasteiger partial charge in [0.15, 0.2) is 17.3 Å². The van der Waals surface area contributed by atoms with Crippen LogP contribution in [0.2, 0.25) is 0 Å². The van der Waals surface area contributed by atoms with Gasteiger partial charge in [0.2, 0.25) is 0 Å². The van der Waals surface area contributed by atoms with Gasteiger partial charge in [0.1, 0.15) is 0 Å². The molecule has 0 saturated heterocycles. The summed E-state index contributed by atoms with van der Waals surface area (Å²) in [4.78, 5) is 11.2. The van der Waals surface area contributed by atoms with Crippen molar-refractivity contribution in [3.05, 3.63) is 28.0 Å². The van der Waals surface area contributed by atoms with Gasteiger partial charge < -0.3 is 4.74 Å². The first-order valence-corrected chi connectivity index (χ1v) is 4.99. The molecule has 2 nitrogen and oxygen atoms in total. The maximum atomic E-state index is 13.3. The van der Waals surface area contributed by atoms with Crippen LogP contribution < -0.4 is 4.74 Å². The highest BCUT2D eigenvalue weighted by Crippen LogP contribution is 2.30. The second kappa shape index (κ2) is 4.55. The van der Waals surface area contributed by atoms with Crippen molar-refractivity contribution in [3.8, 4) is 5.75 Å². The van der Waals surface area contributed by atoms with Crippen molar-refractivity contribution in [2.75, 3.05) is 6.61 Å². The number of carbonyl (C=O) groups is 1. The topological polar surface area (TPSA) is 26.3 Å². The number of benzene rings is 1. The molecule has 0 amide bonds. The lowest BCUT2D eigenvalue weighted by atomic mass is 10.1. The van der Waals surface area contributed by atoms with E-state index in [1.165, 1.54) is 19.1 Å². The fraction of sp³-hybridized carbons (Fsp3) is 0.300. The largest absolute Gasteiger partial charge is 0.490 e. The SMILES string of the molecule is CCOc1c(F)ccc(Br)c1C(C)=O. The number of ether oxygens (including phenoxy) is 1. The van der Waals surface area contributed by atoms with Gasteiger partial charge in [-0.15, -0.1) is 0 Å². The predicted molar refractivity (Wildman–Crippen MR) is 55.3 cm³/mol. The molecule has 4 heteroatoms. The molecule has 0 heterocycles. The number of rotatable bonds is 3. The molecule has 0 aliphatic carbocycles. The van der Waals surface area contributed by atoms with Crippen LogP contribution in [0.1, 0.15) is 24.2 Å². The van der Waals surface area contributed by atoms with Crippen LogP contribution in [0.3, 0.4) is 0 Å². The summed E-state index contributed by atoms with van der Waals surface area (Å²) in [7, 11) is 0. The van der Waals surface area contributed by atoms with E-state index in [0.29, 0.717) is 11.1 Å². The van der Waals surface area contributed by atoms with Crippen molar-refractivity contribution < 1.29 is 13.9 Å². The zero-order valence-electron chi connectivity index (χ0n) is 7.93. The van der Waals surface area contributed by atoms with Crippen molar-refractivity contribution in [2.45, 2.75) is 13.8 Å². The number of hydrogen-bond donors (Lipinski definition) is 0. The van der Waals surface area contributed by atoms with Crippen molar-refractivity contribution in [1.29, 1.82) is 0 Å². The molecule has 1 rings (SSSR count). The predicted octanol–water partition coefficient (Wildman–Crippen LogP) is 3.19. The third kappa shape index (κ3) is 2.12. The minimum atomic E-state index is -0.514. The fourth-order valence-corrected chi connectivity index (χ4v) is 1.74. The first-order chi connectivity index (χ1) is 6.57. The minimum Gasteiger partial charge on any atom is -0.490 e. The van der Waals surface area contributed by atoms with Crippen LogP contribution in [0, 0.1) is 5.82 Å². The van der Waals surface area contributed by atoms with Crippen LogP contribution in [-0.2, 0) is 0 Å². The Labute approximate surface area is 90.2 Å². The van der Waals surface area contributed by atoms with Crippen LogP contribution in [0.25, 0.3) is 0 Å². The van der Waals surface area contributed by atoms with Gasteiger partial charge in [0.25, 0.3) is 0 Å². The molecule has 0 bridgehead atoms. The van der Waals surface area contributed by atoms with Crippen molar-refractivity contribution in [1.82, 2.24) is 0 Å². The summed E-state index contributed by atoms with van der Waals surface area (Å²) in [5, 5.41) is 0. The molecule has 0 aliphatic rings. The van der Waals surface area contributed by atoms with E-state index in [1.807, 2.05) is 0 Å². The summed E-state index contributed by atoms with van der Waals surface area (Å²) < 4.78 is 18.9. The number of ketones is 1. The lowest BCUT2D eigenvalue weighted by Crippen LogP contribution is -2.04. The smallest absolute Gasteiger partial charge is 0.166 e. The molecule has 0 aliphatic heterocycles. The molecule has 0 radical (unpaired) electrons.